The number of hydrogen-bond donors (Lipinski definition) is 1. The third-order valence-corrected chi connectivity index (χ3v) is 5.87. The summed E-state index contributed by atoms with van der Waals surface area (Å²) >= 11 is 0. The third kappa shape index (κ3) is 11.6. The second kappa shape index (κ2) is 16.4. The summed E-state index contributed by atoms with van der Waals surface area (Å²) in [5.74, 6) is 0. The van der Waals surface area contributed by atoms with Gasteiger partial charge in [0.15, 0.2) is 0 Å². The molecule has 2 saturated heterocycles. The van der Waals surface area contributed by atoms with Crippen molar-refractivity contribution in [3.63, 3.8) is 0 Å². The van der Waals surface area contributed by atoms with Crippen LogP contribution < -0.4 is 5.32 Å². The lowest BCUT2D eigenvalue weighted by atomic mass is 10.3. The molecule has 8 nitrogen and oxygen atoms in total. The Labute approximate surface area is 178 Å². The highest BCUT2D eigenvalue weighted by molar-refractivity contribution is 4.73. The molecule has 0 aromatic rings. The first-order valence-electron chi connectivity index (χ1n) is 11.6. The molecule has 8 heteroatoms. The van der Waals surface area contributed by atoms with E-state index in [-0.39, 0.29) is 0 Å². The Kier molecular flexibility index (Phi) is 14.1. The van der Waals surface area contributed by atoms with Crippen LogP contribution in [0.2, 0.25) is 0 Å². The maximum absolute atomic E-state index is 5.91. The minimum absolute atomic E-state index is 0.814. The van der Waals surface area contributed by atoms with Crippen LogP contribution in [0, 0.1) is 0 Å². The highest BCUT2D eigenvalue weighted by Gasteiger charge is 2.17. The molecule has 0 bridgehead atoms. The van der Waals surface area contributed by atoms with Crippen LogP contribution in [0.3, 0.4) is 0 Å². The Hall–Kier alpha value is -0.320. The lowest BCUT2D eigenvalue weighted by molar-refractivity contribution is 0.0429. The molecule has 0 spiro atoms. The Morgan fingerprint density at radius 2 is 0.966 bits per heavy atom. The van der Waals surface area contributed by atoms with Crippen LogP contribution in [0.5, 0.6) is 0 Å². The summed E-state index contributed by atoms with van der Waals surface area (Å²) in [5, 5.41) is 3.28. The van der Waals surface area contributed by atoms with E-state index in [1.807, 2.05) is 0 Å². The minimum atomic E-state index is 0.814. The van der Waals surface area contributed by atoms with E-state index in [1.54, 1.807) is 7.11 Å². The first-order valence-corrected chi connectivity index (χ1v) is 11.6. The molecule has 2 heterocycles. The molecule has 0 aliphatic carbocycles. The van der Waals surface area contributed by atoms with Crippen LogP contribution in [-0.2, 0) is 14.2 Å². The van der Waals surface area contributed by atoms with Crippen molar-refractivity contribution in [1.29, 1.82) is 0 Å². The van der Waals surface area contributed by atoms with Crippen LogP contribution in [-0.4, -0.2) is 151 Å². The van der Waals surface area contributed by atoms with Crippen LogP contribution in [0.15, 0.2) is 0 Å². The maximum atomic E-state index is 5.91. The predicted octanol–water partition coefficient (Wildman–Crippen LogP) is -0.489. The smallest absolute Gasteiger partial charge is 0.0594 e. The maximum Gasteiger partial charge on any atom is 0.0594 e. The summed E-state index contributed by atoms with van der Waals surface area (Å²) in [6.07, 6.45) is 0. The Bertz CT molecular complexity index is 375. The standard InChI is InChI=1S/C21H45N5O3/c1-3-22-4-17-28-19-14-24-9-11-26(12-10-24)16-21-29-20-15-25-7-5-23(6-8-25)13-18-27-2/h22H,3-21H2,1-2H3. The number of hydrogen-bond acceptors (Lipinski definition) is 8. The SMILES string of the molecule is CCNCCOCCN1CCN(CCOCCN2CCN(CCOC)CC2)CC1. The molecule has 0 radical (unpaired) electrons. The van der Waals surface area contributed by atoms with Gasteiger partial charge in [-0.15, -0.1) is 0 Å². The van der Waals surface area contributed by atoms with E-state index >= 15 is 0 Å². The Morgan fingerprint density at radius 3 is 1.34 bits per heavy atom. The number of nitrogens with zero attached hydrogens (tertiary/aromatic N) is 4. The van der Waals surface area contributed by atoms with E-state index < -0.39 is 0 Å². The van der Waals surface area contributed by atoms with Crippen LogP contribution in [0.4, 0.5) is 0 Å². The minimum Gasteiger partial charge on any atom is -0.383 e. The second-order valence-electron chi connectivity index (χ2n) is 7.94. The monoisotopic (exact) mass is 415 g/mol. The molecule has 2 aliphatic rings. The van der Waals surface area contributed by atoms with E-state index in [4.69, 9.17) is 14.2 Å². The summed E-state index contributed by atoms with van der Waals surface area (Å²) in [6.45, 7) is 21.7. The van der Waals surface area contributed by atoms with Gasteiger partial charge in [0.1, 0.15) is 0 Å². The fourth-order valence-electron chi connectivity index (χ4n) is 3.80. The van der Waals surface area contributed by atoms with E-state index in [2.05, 4.69) is 31.8 Å². The van der Waals surface area contributed by atoms with Gasteiger partial charge in [0.25, 0.3) is 0 Å². The van der Waals surface area contributed by atoms with Crippen molar-refractivity contribution in [2.45, 2.75) is 6.92 Å². The van der Waals surface area contributed by atoms with Crippen molar-refractivity contribution in [2.24, 2.45) is 0 Å². The fraction of sp³-hybridized carbons (Fsp3) is 1.00. The quantitative estimate of drug-likeness (QED) is 0.339. The number of piperazine rings is 2. The van der Waals surface area contributed by atoms with Crippen molar-refractivity contribution in [1.82, 2.24) is 24.9 Å². The Morgan fingerprint density at radius 1 is 0.586 bits per heavy atom. The van der Waals surface area contributed by atoms with E-state index in [0.717, 1.165) is 125 Å². The third-order valence-electron chi connectivity index (χ3n) is 5.87. The Balaban J connectivity index is 1.38. The van der Waals surface area contributed by atoms with Gasteiger partial charge in [0.2, 0.25) is 0 Å². The molecular formula is C21H45N5O3. The van der Waals surface area contributed by atoms with Crippen LogP contribution in [0.1, 0.15) is 6.92 Å². The summed E-state index contributed by atoms with van der Waals surface area (Å²) in [7, 11) is 1.77. The molecule has 0 unspecified atom stereocenters. The first kappa shape index (κ1) is 24.9. The average Bonchev–Trinajstić information content (AvgIpc) is 2.76. The van der Waals surface area contributed by atoms with Gasteiger partial charge in [-0.05, 0) is 6.54 Å². The first-order chi connectivity index (χ1) is 14.3. The normalized spacial score (nSPS) is 20.5. The van der Waals surface area contributed by atoms with Gasteiger partial charge in [-0.3, -0.25) is 19.6 Å². The number of ether oxygens (including phenoxy) is 3. The molecular weight excluding hydrogens is 370 g/mol. The topological polar surface area (TPSA) is 52.7 Å². The van der Waals surface area contributed by atoms with Crippen LogP contribution in [0.25, 0.3) is 0 Å². The van der Waals surface area contributed by atoms with Crippen molar-refractivity contribution in [3.05, 3.63) is 0 Å². The molecule has 0 atom stereocenters. The van der Waals surface area contributed by atoms with Crippen molar-refractivity contribution in [2.75, 3.05) is 132 Å². The van der Waals surface area contributed by atoms with Crippen molar-refractivity contribution < 1.29 is 14.2 Å². The van der Waals surface area contributed by atoms with Gasteiger partial charge in [0, 0.05) is 92.2 Å². The molecule has 0 saturated carbocycles. The van der Waals surface area contributed by atoms with Gasteiger partial charge in [-0.1, -0.05) is 6.92 Å². The lowest BCUT2D eigenvalue weighted by Gasteiger charge is -2.35. The number of methoxy groups -OCH3 is 1. The summed E-state index contributed by atoms with van der Waals surface area (Å²) in [5.41, 5.74) is 0. The van der Waals surface area contributed by atoms with Gasteiger partial charge >= 0.3 is 0 Å². The molecule has 29 heavy (non-hydrogen) atoms. The molecule has 2 aliphatic heterocycles. The zero-order valence-electron chi connectivity index (χ0n) is 18.9. The zero-order chi connectivity index (χ0) is 20.6. The van der Waals surface area contributed by atoms with E-state index in [9.17, 15) is 0 Å². The largest absolute Gasteiger partial charge is 0.383 e. The molecule has 0 aromatic heterocycles. The summed E-state index contributed by atoms with van der Waals surface area (Å²) in [6, 6.07) is 0. The van der Waals surface area contributed by atoms with Crippen LogP contribution >= 0.6 is 0 Å². The van der Waals surface area contributed by atoms with Gasteiger partial charge in [-0.25, -0.2) is 0 Å². The number of likely N-dealkylation sites (N-methyl/N-ethyl adjacent to an activating group) is 1. The highest BCUT2D eigenvalue weighted by Crippen LogP contribution is 2.03. The molecule has 172 valence electrons. The molecule has 1 N–H and O–H groups in total. The predicted molar refractivity (Wildman–Crippen MR) is 118 cm³/mol. The highest BCUT2D eigenvalue weighted by atomic mass is 16.5. The van der Waals surface area contributed by atoms with Gasteiger partial charge in [0.05, 0.1) is 33.0 Å². The van der Waals surface area contributed by atoms with Crippen molar-refractivity contribution in [3.8, 4) is 0 Å². The zero-order valence-corrected chi connectivity index (χ0v) is 18.9. The van der Waals surface area contributed by atoms with E-state index in [1.165, 1.54) is 0 Å². The molecule has 2 rings (SSSR count). The molecule has 0 amide bonds. The lowest BCUT2D eigenvalue weighted by Crippen LogP contribution is -2.48. The summed E-state index contributed by atoms with van der Waals surface area (Å²) in [4.78, 5) is 10.0. The molecule has 0 aromatic carbocycles. The number of nitrogens with one attached hydrogen (secondary N) is 1. The summed E-state index contributed by atoms with van der Waals surface area (Å²) < 4.78 is 16.8. The van der Waals surface area contributed by atoms with E-state index in [0.29, 0.717) is 0 Å². The second-order valence-corrected chi connectivity index (χ2v) is 7.94. The number of rotatable bonds is 16. The average molecular weight is 416 g/mol. The van der Waals surface area contributed by atoms with Gasteiger partial charge in [-0.2, -0.15) is 0 Å². The van der Waals surface area contributed by atoms with Crippen molar-refractivity contribution >= 4 is 0 Å². The van der Waals surface area contributed by atoms with Gasteiger partial charge < -0.3 is 19.5 Å². The fourth-order valence-corrected chi connectivity index (χ4v) is 3.80. The molecule has 2 fully saturated rings.